The highest BCUT2D eigenvalue weighted by Crippen LogP contribution is 2.31. The average molecular weight is 487 g/mol. The number of aryl methyl sites for hydroxylation is 1. The molecule has 4 rings (SSSR count). The van der Waals surface area contributed by atoms with Crippen molar-refractivity contribution in [2.75, 3.05) is 24.2 Å². The topological polar surface area (TPSA) is 132 Å². The van der Waals surface area contributed by atoms with E-state index in [1.54, 1.807) is 30.3 Å². The second kappa shape index (κ2) is 8.80. The largest absolute Gasteiger partial charge is 0.444 e. The molecule has 10 nitrogen and oxygen atoms in total. The number of carbonyl (C=O) groups excluding carboxylic acids is 1. The van der Waals surface area contributed by atoms with Crippen LogP contribution in [0.1, 0.15) is 32.8 Å². The van der Waals surface area contributed by atoms with Crippen molar-refractivity contribution in [1.82, 2.24) is 19.3 Å². The van der Waals surface area contributed by atoms with Gasteiger partial charge in [0.1, 0.15) is 5.60 Å². The van der Waals surface area contributed by atoms with Gasteiger partial charge in [0.15, 0.2) is 5.65 Å². The van der Waals surface area contributed by atoms with E-state index in [4.69, 9.17) is 10.5 Å². The fourth-order valence-corrected chi connectivity index (χ4v) is 5.13. The molecule has 3 heterocycles. The average Bonchev–Trinajstić information content (AvgIpc) is 3.36. The highest BCUT2D eigenvalue weighted by molar-refractivity contribution is 7.90. The number of anilines is 2. The number of aromatic nitrogens is 2. The first-order valence-corrected chi connectivity index (χ1v) is 12.5. The van der Waals surface area contributed by atoms with Gasteiger partial charge in [-0.2, -0.15) is 0 Å². The number of nitrogens with zero attached hydrogens (tertiary/aromatic N) is 3. The molecule has 0 saturated carbocycles. The van der Waals surface area contributed by atoms with Crippen molar-refractivity contribution in [3.8, 4) is 0 Å². The smallest absolute Gasteiger partial charge is 0.407 e. The number of rotatable bonds is 5. The van der Waals surface area contributed by atoms with Crippen LogP contribution in [0.25, 0.3) is 11.0 Å². The lowest BCUT2D eigenvalue weighted by molar-refractivity contribution is 0.0506. The number of nitrogens with one attached hydrogen (secondary N) is 2. The SMILES string of the molecule is Cc1ccc(S(=O)(=O)n2ccc3c(NN4CC[C@H](NC(=O)OC(C)(C)C)C4)c(N)cnc32)cc1. The molecular weight excluding hydrogens is 456 g/mol. The fraction of sp³-hybridized carbons (Fsp3) is 0.391. The van der Waals surface area contributed by atoms with Gasteiger partial charge in [-0.15, -0.1) is 0 Å². The molecule has 0 radical (unpaired) electrons. The molecule has 1 aromatic carbocycles. The number of alkyl carbamates (subject to hydrolysis) is 1. The number of benzene rings is 1. The quantitative estimate of drug-likeness (QED) is 0.501. The van der Waals surface area contributed by atoms with Crippen LogP contribution < -0.4 is 16.5 Å². The summed E-state index contributed by atoms with van der Waals surface area (Å²) in [6.45, 7) is 8.54. The van der Waals surface area contributed by atoms with Gasteiger partial charge in [0.2, 0.25) is 0 Å². The summed E-state index contributed by atoms with van der Waals surface area (Å²) in [7, 11) is -3.82. The normalized spacial score (nSPS) is 17.1. The Bertz CT molecular complexity index is 1310. The summed E-state index contributed by atoms with van der Waals surface area (Å²) >= 11 is 0. The zero-order chi connectivity index (χ0) is 24.7. The Morgan fingerprint density at radius 2 is 1.91 bits per heavy atom. The van der Waals surface area contributed by atoms with Gasteiger partial charge in [-0.3, -0.25) is 0 Å². The number of fused-ring (bicyclic) bond motifs is 1. The molecule has 1 saturated heterocycles. The Hall–Kier alpha value is -3.31. The fourth-order valence-electron chi connectivity index (χ4n) is 3.83. The first kappa shape index (κ1) is 23.8. The minimum Gasteiger partial charge on any atom is -0.444 e. The lowest BCUT2D eigenvalue weighted by atomic mass is 10.2. The number of hydrazine groups is 1. The predicted molar refractivity (Wildman–Crippen MR) is 131 cm³/mol. The summed E-state index contributed by atoms with van der Waals surface area (Å²) in [5, 5.41) is 5.39. The summed E-state index contributed by atoms with van der Waals surface area (Å²) in [5.74, 6) is 0. The van der Waals surface area contributed by atoms with Gasteiger partial charge in [-0.05, 0) is 52.3 Å². The molecule has 4 N–H and O–H groups in total. The van der Waals surface area contributed by atoms with E-state index in [0.717, 1.165) is 16.0 Å². The number of amides is 1. The van der Waals surface area contributed by atoms with Crippen LogP contribution in [0.15, 0.2) is 47.6 Å². The van der Waals surface area contributed by atoms with Crippen molar-refractivity contribution < 1.29 is 17.9 Å². The van der Waals surface area contributed by atoms with Crippen molar-refractivity contribution in [2.45, 2.75) is 50.7 Å². The standard InChI is InChI=1S/C23H30N6O4S/c1-15-5-7-17(8-6-15)34(31,32)29-12-10-18-20(19(24)13-25-21(18)29)27-28-11-9-16(14-28)26-22(30)33-23(2,3)4/h5-8,10,12-13,16H,9,11,14,24H2,1-4H3,(H,25,27)(H,26,30)/t16-/m0/s1. The van der Waals surface area contributed by atoms with Crippen LogP contribution in [0.5, 0.6) is 0 Å². The number of carbonyl (C=O) groups is 1. The van der Waals surface area contributed by atoms with E-state index in [2.05, 4.69) is 15.7 Å². The maximum absolute atomic E-state index is 13.2. The Balaban J connectivity index is 1.54. The maximum Gasteiger partial charge on any atom is 0.407 e. The molecule has 3 aromatic rings. The Morgan fingerprint density at radius 1 is 1.21 bits per heavy atom. The molecule has 2 aromatic heterocycles. The van der Waals surface area contributed by atoms with E-state index in [1.807, 2.05) is 32.7 Å². The van der Waals surface area contributed by atoms with E-state index in [-0.39, 0.29) is 16.6 Å². The van der Waals surface area contributed by atoms with Crippen LogP contribution in [-0.4, -0.2) is 53.2 Å². The molecule has 182 valence electrons. The van der Waals surface area contributed by atoms with Gasteiger partial charge in [0.05, 0.1) is 22.5 Å². The maximum atomic E-state index is 13.2. The van der Waals surface area contributed by atoms with Gasteiger partial charge in [-0.1, -0.05) is 17.7 Å². The summed E-state index contributed by atoms with van der Waals surface area (Å²) in [6, 6.07) is 8.26. The molecule has 11 heteroatoms. The summed E-state index contributed by atoms with van der Waals surface area (Å²) in [5.41, 5.74) is 11.1. The molecule has 0 bridgehead atoms. The van der Waals surface area contributed by atoms with Crippen molar-refractivity contribution in [1.29, 1.82) is 0 Å². The van der Waals surface area contributed by atoms with E-state index in [9.17, 15) is 13.2 Å². The van der Waals surface area contributed by atoms with Crippen LogP contribution in [0.3, 0.4) is 0 Å². The highest BCUT2D eigenvalue weighted by Gasteiger charge is 2.28. The molecule has 0 aliphatic carbocycles. The summed E-state index contributed by atoms with van der Waals surface area (Å²) in [6.07, 6.45) is 3.19. The third-order valence-electron chi connectivity index (χ3n) is 5.47. The van der Waals surface area contributed by atoms with Gasteiger partial charge in [0, 0.05) is 30.7 Å². The Labute approximate surface area is 199 Å². The lowest BCUT2D eigenvalue weighted by Gasteiger charge is -2.23. The molecule has 34 heavy (non-hydrogen) atoms. The van der Waals surface area contributed by atoms with E-state index in [1.165, 1.54) is 12.4 Å². The van der Waals surface area contributed by atoms with Gasteiger partial charge >= 0.3 is 6.09 Å². The van der Waals surface area contributed by atoms with Crippen LogP contribution in [0, 0.1) is 6.92 Å². The van der Waals surface area contributed by atoms with Gasteiger partial charge in [-0.25, -0.2) is 27.2 Å². The molecule has 1 aliphatic rings. The molecule has 0 unspecified atom stereocenters. The van der Waals surface area contributed by atoms with E-state index < -0.39 is 21.7 Å². The van der Waals surface area contributed by atoms with Crippen molar-refractivity contribution in [2.24, 2.45) is 0 Å². The minimum absolute atomic E-state index is 0.0904. The first-order valence-electron chi connectivity index (χ1n) is 11.0. The lowest BCUT2D eigenvalue weighted by Crippen LogP contribution is -2.41. The second-order valence-corrected chi connectivity index (χ2v) is 11.3. The molecule has 1 aliphatic heterocycles. The summed E-state index contributed by atoms with van der Waals surface area (Å²) in [4.78, 5) is 16.6. The zero-order valence-corrected chi connectivity index (χ0v) is 20.5. The van der Waals surface area contributed by atoms with Gasteiger partial charge in [0.25, 0.3) is 10.0 Å². The zero-order valence-electron chi connectivity index (χ0n) is 19.7. The molecule has 1 atom stereocenters. The second-order valence-electron chi connectivity index (χ2n) is 9.45. The van der Waals surface area contributed by atoms with Crippen LogP contribution in [-0.2, 0) is 14.8 Å². The minimum atomic E-state index is -3.82. The molecular formula is C23H30N6O4S. The predicted octanol–water partition coefficient (Wildman–Crippen LogP) is 3.09. The van der Waals surface area contributed by atoms with Crippen molar-refractivity contribution in [3.05, 3.63) is 48.3 Å². The number of ether oxygens (including phenoxy) is 1. The van der Waals surface area contributed by atoms with Gasteiger partial charge < -0.3 is 21.2 Å². The van der Waals surface area contributed by atoms with E-state index >= 15 is 0 Å². The third-order valence-corrected chi connectivity index (χ3v) is 7.15. The van der Waals surface area contributed by atoms with Crippen LogP contribution in [0.4, 0.5) is 16.2 Å². The van der Waals surface area contributed by atoms with Crippen LogP contribution in [0.2, 0.25) is 0 Å². The molecule has 0 spiro atoms. The number of nitrogen functional groups attached to an aromatic ring is 1. The van der Waals surface area contributed by atoms with E-state index in [0.29, 0.717) is 29.9 Å². The number of hydrogen-bond donors (Lipinski definition) is 3. The summed E-state index contributed by atoms with van der Waals surface area (Å²) < 4.78 is 32.9. The Morgan fingerprint density at radius 3 is 2.59 bits per heavy atom. The van der Waals surface area contributed by atoms with Crippen LogP contribution >= 0.6 is 0 Å². The number of nitrogens with two attached hydrogens (primary N) is 1. The molecule has 1 fully saturated rings. The Kier molecular flexibility index (Phi) is 6.17. The monoisotopic (exact) mass is 486 g/mol. The first-order chi connectivity index (χ1) is 15.9. The number of pyridine rings is 1. The highest BCUT2D eigenvalue weighted by atomic mass is 32.2. The van der Waals surface area contributed by atoms with Crippen molar-refractivity contribution in [3.63, 3.8) is 0 Å². The third kappa shape index (κ3) is 4.95. The molecule has 1 amide bonds. The number of hydrogen-bond acceptors (Lipinski definition) is 8. The van der Waals surface area contributed by atoms with Crippen molar-refractivity contribution >= 4 is 38.5 Å².